The zero-order chi connectivity index (χ0) is 16.5. The van der Waals surface area contributed by atoms with Gasteiger partial charge in [0.05, 0.1) is 9.99 Å². The second kappa shape index (κ2) is 6.36. The summed E-state index contributed by atoms with van der Waals surface area (Å²) in [6.07, 6.45) is 8.24. The van der Waals surface area contributed by atoms with E-state index in [0.29, 0.717) is 11.6 Å². The number of allylic oxidation sites excluding steroid dienone is 1. The lowest BCUT2D eigenvalue weighted by Gasteiger charge is -2.09. The van der Waals surface area contributed by atoms with Gasteiger partial charge in [-0.15, -0.1) is 5.10 Å². The van der Waals surface area contributed by atoms with Gasteiger partial charge in [-0.05, 0) is 65.9 Å². The highest BCUT2D eigenvalue weighted by Gasteiger charge is 2.24. The Morgan fingerprint density at radius 1 is 1.33 bits per heavy atom. The van der Waals surface area contributed by atoms with Crippen LogP contribution in [0.2, 0.25) is 0 Å². The average molecular weight is 385 g/mol. The molecule has 0 spiro atoms. The molecule has 0 saturated heterocycles. The average Bonchev–Trinajstić information content (AvgIpc) is 3.31. The first kappa shape index (κ1) is 15.3. The normalized spacial score (nSPS) is 14.6. The molecule has 122 valence electrons. The topological polar surface area (TPSA) is 52.8 Å². The number of aromatic nitrogens is 4. The van der Waals surface area contributed by atoms with Crippen LogP contribution in [0.4, 0.5) is 0 Å². The van der Waals surface area contributed by atoms with Gasteiger partial charge in [0.2, 0.25) is 5.88 Å². The van der Waals surface area contributed by atoms with Crippen LogP contribution in [0.25, 0.3) is 17.1 Å². The van der Waals surface area contributed by atoms with Gasteiger partial charge in [0.1, 0.15) is 11.3 Å². The number of fused-ring (bicyclic) bond motifs is 1. The van der Waals surface area contributed by atoms with Crippen molar-refractivity contribution in [3.63, 3.8) is 0 Å². The summed E-state index contributed by atoms with van der Waals surface area (Å²) in [5.41, 5.74) is 2.77. The molecule has 24 heavy (non-hydrogen) atoms. The summed E-state index contributed by atoms with van der Waals surface area (Å²) in [7, 11) is 0. The Kier molecular flexibility index (Phi) is 4.06. The fourth-order valence-corrected chi connectivity index (χ4v) is 3.14. The fraction of sp³-hybridized carbons (Fsp3) is 0.278. The summed E-state index contributed by atoms with van der Waals surface area (Å²) < 4.78 is 8.80. The minimum atomic E-state index is 0.570. The van der Waals surface area contributed by atoms with Crippen LogP contribution in [0.5, 0.6) is 11.6 Å². The Bertz CT molecular complexity index is 915. The second-order valence-corrected chi connectivity index (χ2v) is 6.75. The third-order valence-corrected chi connectivity index (χ3v) is 4.84. The number of pyridine rings is 1. The van der Waals surface area contributed by atoms with E-state index in [4.69, 9.17) is 4.74 Å². The molecule has 1 aromatic carbocycles. The fourth-order valence-electron chi connectivity index (χ4n) is 2.64. The minimum Gasteiger partial charge on any atom is -0.437 e. The van der Waals surface area contributed by atoms with Crippen molar-refractivity contribution >= 4 is 33.0 Å². The van der Waals surface area contributed by atoms with Crippen LogP contribution < -0.4 is 4.74 Å². The van der Waals surface area contributed by atoms with E-state index in [0.717, 1.165) is 33.5 Å². The number of nitrogens with zero attached hydrogens (tertiary/aromatic N) is 4. The highest BCUT2D eigenvalue weighted by molar-refractivity contribution is 9.10. The zero-order valence-electron chi connectivity index (χ0n) is 13.3. The van der Waals surface area contributed by atoms with E-state index in [1.165, 1.54) is 12.8 Å². The molecule has 3 aromatic rings. The largest absolute Gasteiger partial charge is 0.437 e. The molecule has 1 saturated carbocycles. The molecule has 6 heteroatoms. The summed E-state index contributed by atoms with van der Waals surface area (Å²) in [5, 5.41) is 8.60. The lowest BCUT2D eigenvalue weighted by Crippen LogP contribution is -2.01. The summed E-state index contributed by atoms with van der Waals surface area (Å²) in [4.78, 5) is 4.33. The van der Waals surface area contributed by atoms with Gasteiger partial charge in [0.15, 0.2) is 0 Å². The first-order valence-electron chi connectivity index (χ1n) is 8.03. The summed E-state index contributed by atoms with van der Waals surface area (Å²) >= 11 is 3.61. The Morgan fingerprint density at radius 3 is 3.00 bits per heavy atom. The first-order valence-corrected chi connectivity index (χ1v) is 8.83. The molecule has 1 fully saturated rings. The van der Waals surface area contributed by atoms with Gasteiger partial charge in [-0.1, -0.05) is 17.4 Å². The standard InChI is InChI=1S/C18H17BrN4O/c1-2-4-13-5-3-10-20-18(13)24-15-9-8-14-17(16(15)19)21-22-23(14)11-12-6-7-12/h2-5,8-10,12H,6-7,11H2,1H3. The SMILES string of the molecule is CC=Cc1cccnc1Oc1ccc2c(nnn2CC2CC2)c1Br. The number of hydrogen-bond donors (Lipinski definition) is 0. The Morgan fingerprint density at radius 2 is 2.21 bits per heavy atom. The van der Waals surface area contributed by atoms with E-state index in [1.807, 2.05) is 48.0 Å². The van der Waals surface area contributed by atoms with Crippen molar-refractivity contribution in [3.8, 4) is 11.6 Å². The Hall–Kier alpha value is -2.21. The van der Waals surface area contributed by atoms with Crippen LogP contribution in [0, 0.1) is 5.92 Å². The van der Waals surface area contributed by atoms with Crippen LogP contribution in [0.15, 0.2) is 41.0 Å². The third-order valence-electron chi connectivity index (χ3n) is 4.07. The lowest BCUT2D eigenvalue weighted by molar-refractivity contribution is 0.459. The number of halogens is 1. The van der Waals surface area contributed by atoms with Gasteiger partial charge in [0.25, 0.3) is 0 Å². The van der Waals surface area contributed by atoms with Gasteiger partial charge in [-0.25, -0.2) is 9.67 Å². The maximum absolute atomic E-state index is 6.02. The smallest absolute Gasteiger partial charge is 0.226 e. The zero-order valence-corrected chi connectivity index (χ0v) is 14.9. The molecule has 0 N–H and O–H groups in total. The van der Waals surface area contributed by atoms with Gasteiger partial charge >= 0.3 is 0 Å². The van der Waals surface area contributed by atoms with Crippen molar-refractivity contribution in [3.05, 3.63) is 46.6 Å². The highest BCUT2D eigenvalue weighted by atomic mass is 79.9. The van der Waals surface area contributed by atoms with Crippen molar-refractivity contribution in [2.75, 3.05) is 0 Å². The van der Waals surface area contributed by atoms with E-state index < -0.39 is 0 Å². The molecule has 2 heterocycles. The van der Waals surface area contributed by atoms with Crippen LogP contribution in [-0.4, -0.2) is 20.0 Å². The summed E-state index contributed by atoms with van der Waals surface area (Å²) in [6, 6.07) is 7.81. The number of rotatable bonds is 5. The van der Waals surface area contributed by atoms with Crippen LogP contribution in [0.3, 0.4) is 0 Å². The van der Waals surface area contributed by atoms with Crippen LogP contribution in [0.1, 0.15) is 25.3 Å². The van der Waals surface area contributed by atoms with E-state index in [-0.39, 0.29) is 0 Å². The first-order chi connectivity index (χ1) is 11.8. The molecular weight excluding hydrogens is 368 g/mol. The molecule has 0 aliphatic heterocycles. The van der Waals surface area contributed by atoms with Crippen molar-refractivity contribution in [1.82, 2.24) is 20.0 Å². The number of benzene rings is 1. The predicted octanol–water partition coefficient (Wildman–Crippen LogP) is 4.82. The molecule has 1 aliphatic carbocycles. The van der Waals surface area contributed by atoms with Crippen molar-refractivity contribution in [2.24, 2.45) is 5.92 Å². The Balaban J connectivity index is 1.69. The molecule has 1 aliphatic rings. The maximum Gasteiger partial charge on any atom is 0.226 e. The maximum atomic E-state index is 6.02. The van der Waals surface area contributed by atoms with Crippen molar-refractivity contribution < 1.29 is 4.74 Å². The monoisotopic (exact) mass is 384 g/mol. The van der Waals surface area contributed by atoms with E-state index in [9.17, 15) is 0 Å². The van der Waals surface area contributed by atoms with Gasteiger partial charge in [0, 0.05) is 18.3 Å². The second-order valence-electron chi connectivity index (χ2n) is 5.96. The highest BCUT2D eigenvalue weighted by Crippen LogP contribution is 2.36. The van der Waals surface area contributed by atoms with Crippen molar-refractivity contribution in [1.29, 1.82) is 0 Å². The molecule has 0 atom stereocenters. The molecule has 4 rings (SSSR count). The van der Waals surface area contributed by atoms with Gasteiger partial charge < -0.3 is 4.74 Å². The number of ether oxygens (including phenoxy) is 1. The number of hydrogen-bond acceptors (Lipinski definition) is 4. The Labute approximate surface area is 148 Å². The molecule has 0 bridgehead atoms. The predicted molar refractivity (Wildman–Crippen MR) is 97.0 cm³/mol. The minimum absolute atomic E-state index is 0.570. The molecule has 0 radical (unpaired) electrons. The molecule has 0 amide bonds. The third kappa shape index (κ3) is 2.94. The van der Waals surface area contributed by atoms with Crippen LogP contribution >= 0.6 is 15.9 Å². The summed E-state index contributed by atoms with van der Waals surface area (Å²) in [6.45, 7) is 2.91. The van der Waals surface area contributed by atoms with E-state index >= 15 is 0 Å². The van der Waals surface area contributed by atoms with Gasteiger partial charge in [-0.2, -0.15) is 0 Å². The van der Waals surface area contributed by atoms with Crippen molar-refractivity contribution in [2.45, 2.75) is 26.3 Å². The molecule has 2 aromatic heterocycles. The van der Waals surface area contributed by atoms with Gasteiger partial charge in [-0.3, -0.25) is 0 Å². The molecule has 0 unspecified atom stereocenters. The van der Waals surface area contributed by atoms with E-state index in [2.05, 4.69) is 31.2 Å². The molecular formula is C18H17BrN4O. The molecule has 5 nitrogen and oxygen atoms in total. The summed E-state index contributed by atoms with van der Waals surface area (Å²) in [5.74, 6) is 2.01. The quantitative estimate of drug-likeness (QED) is 0.632. The van der Waals surface area contributed by atoms with E-state index in [1.54, 1.807) is 6.20 Å². The van der Waals surface area contributed by atoms with Crippen LogP contribution in [-0.2, 0) is 6.54 Å². The lowest BCUT2D eigenvalue weighted by atomic mass is 10.2.